The van der Waals surface area contributed by atoms with Crippen LogP contribution >= 0.6 is 15.9 Å². The van der Waals surface area contributed by atoms with Gasteiger partial charge in [-0.3, -0.25) is 4.79 Å². The molecule has 2 aromatic carbocycles. The largest absolute Gasteiger partial charge is 0.480 e. The highest BCUT2D eigenvalue weighted by Gasteiger charge is 2.48. The van der Waals surface area contributed by atoms with E-state index in [1.165, 1.54) is 0 Å². The fraction of sp³-hybridized carbons (Fsp3) is 0.316. The van der Waals surface area contributed by atoms with Crippen LogP contribution in [0.1, 0.15) is 37.3 Å². The van der Waals surface area contributed by atoms with Crippen LogP contribution in [0.15, 0.2) is 48.5 Å². The number of carboxylic acid groups (broad SMARTS) is 1. The van der Waals surface area contributed by atoms with Crippen molar-refractivity contribution in [3.63, 3.8) is 0 Å². The Morgan fingerprint density at radius 3 is 2.05 bits per heavy atom. The Morgan fingerprint density at radius 1 is 1.09 bits per heavy atom. The number of alkyl halides is 1. The van der Waals surface area contributed by atoms with E-state index >= 15 is 0 Å². The molecule has 1 aliphatic carbocycles. The first-order valence-electron chi connectivity index (χ1n) is 7.64. The maximum absolute atomic E-state index is 12.3. The van der Waals surface area contributed by atoms with E-state index < -0.39 is 11.4 Å². The van der Waals surface area contributed by atoms with E-state index in [2.05, 4.69) is 22.9 Å². The van der Waals surface area contributed by atoms with Crippen LogP contribution in [0.5, 0.6) is 0 Å². The van der Waals surface area contributed by atoms with Crippen molar-refractivity contribution >= 4 is 21.9 Å². The summed E-state index contributed by atoms with van der Waals surface area (Å²) in [6, 6.07) is 15.9. The molecule has 3 rings (SSSR count). The van der Waals surface area contributed by atoms with Gasteiger partial charge in [0.2, 0.25) is 0 Å². The molecule has 22 heavy (non-hydrogen) atoms. The molecule has 0 spiro atoms. The Hall–Kier alpha value is -1.61. The van der Waals surface area contributed by atoms with Gasteiger partial charge >= 0.3 is 5.97 Å². The molecule has 0 saturated carbocycles. The first-order valence-corrected chi connectivity index (χ1v) is 8.56. The van der Waals surface area contributed by atoms with Gasteiger partial charge in [0, 0.05) is 4.83 Å². The van der Waals surface area contributed by atoms with Crippen molar-refractivity contribution in [3.05, 3.63) is 59.7 Å². The Labute approximate surface area is 139 Å². The monoisotopic (exact) mass is 358 g/mol. The lowest BCUT2D eigenvalue weighted by Gasteiger charge is -2.27. The molecule has 3 heteroatoms. The maximum Gasteiger partial charge on any atom is 0.318 e. The summed E-state index contributed by atoms with van der Waals surface area (Å²) in [6.45, 7) is 2.10. The summed E-state index contributed by atoms with van der Waals surface area (Å²) in [4.78, 5) is 12.7. The number of hydrogen-bond acceptors (Lipinski definition) is 1. The number of hydrogen-bond donors (Lipinski definition) is 1. The molecular formula is C19H19BrO2. The van der Waals surface area contributed by atoms with Gasteiger partial charge in [-0.25, -0.2) is 0 Å². The zero-order valence-electron chi connectivity index (χ0n) is 12.6. The fourth-order valence-corrected chi connectivity index (χ4v) is 3.90. The molecule has 0 fully saturated rings. The molecule has 1 N–H and O–H groups in total. The van der Waals surface area contributed by atoms with Crippen molar-refractivity contribution in [2.45, 2.75) is 36.4 Å². The van der Waals surface area contributed by atoms with Crippen molar-refractivity contribution in [2.24, 2.45) is 0 Å². The van der Waals surface area contributed by atoms with Crippen molar-refractivity contribution < 1.29 is 9.90 Å². The minimum absolute atomic E-state index is 0.408. The van der Waals surface area contributed by atoms with E-state index in [1.807, 2.05) is 48.5 Å². The second-order valence-electron chi connectivity index (χ2n) is 5.97. The summed E-state index contributed by atoms with van der Waals surface area (Å²) < 4.78 is 0. The molecule has 2 nitrogen and oxygen atoms in total. The molecule has 1 atom stereocenters. The highest BCUT2D eigenvalue weighted by molar-refractivity contribution is 9.09. The van der Waals surface area contributed by atoms with Gasteiger partial charge in [-0.1, -0.05) is 77.8 Å². The quantitative estimate of drug-likeness (QED) is 0.764. The summed E-state index contributed by atoms with van der Waals surface area (Å²) in [5, 5.41) is 10.1. The Kier molecular flexibility index (Phi) is 4.09. The smallest absolute Gasteiger partial charge is 0.318 e. The van der Waals surface area contributed by atoms with Crippen molar-refractivity contribution in [3.8, 4) is 11.1 Å². The first-order chi connectivity index (χ1) is 10.6. The summed E-state index contributed by atoms with van der Waals surface area (Å²) in [6.07, 6.45) is 2.48. The Balaban J connectivity index is 2.14. The minimum atomic E-state index is -0.908. The Morgan fingerprint density at radius 2 is 1.59 bits per heavy atom. The number of carbonyl (C=O) groups is 1. The molecule has 2 aromatic rings. The molecule has 0 heterocycles. The van der Waals surface area contributed by atoms with Crippen LogP contribution in [0.25, 0.3) is 11.1 Å². The zero-order valence-corrected chi connectivity index (χ0v) is 14.1. The van der Waals surface area contributed by atoms with E-state index in [0.717, 1.165) is 35.1 Å². The van der Waals surface area contributed by atoms with Gasteiger partial charge < -0.3 is 5.11 Å². The predicted molar refractivity (Wildman–Crippen MR) is 92.5 cm³/mol. The highest BCUT2D eigenvalue weighted by Crippen LogP contribution is 2.51. The minimum Gasteiger partial charge on any atom is -0.480 e. The van der Waals surface area contributed by atoms with Crippen LogP contribution < -0.4 is 0 Å². The van der Waals surface area contributed by atoms with Gasteiger partial charge in [-0.15, -0.1) is 0 Å². The average Bonchev–Trinajstić information content (AvgIpc) is 2.79. The third kappa shape index (κ3) is 2.28. The Bertz CT molecular complexity index is 661. The molecule has 0 bridgehead atoms. The zero-order chi connectivity index (χ0) is 15.7. The topological polar surface area (TPSA) is 37.3 Å². The lowest BCUT2D eigenvalue weighted by molar-refractivity contribution is -0.142. The second-order valence-corrected chi connectivity index (χ2v) is 7.54. The van der Waals surface area contributed by atoms with Crippen molar-refractivity contribution in [1.29, 1.82) is 0 Å². The van der Waals surface area contributed by atoms with E-state index in [1.54, 1.807) is 0 Å². The molecule has 114 valence electrons. The molecule has 0 saturated heterocycles. The standard InChI is InChI=1S/C19H19BrO2/c1-13(20)7-6-12-19(18(21)22)16-10-4-2-8-14(16)15-9-3-5-11-17(15)19/h2-5,8-11,13H,6-7,12H2,1H3,(H,21,22). The lowest BCUT2D eigenvalue weighted by Crippen LogP contribution is -2.35. The van der Waals surface area contributed by atoms with E-state index in [4.69, 9.17) is 0 Å². The lowest BCUT2D eigenvalue weighted by atomic mass is 9.74. The summed E-state index contributed by atoms with van der Waals surface area (Å²) in [5.74, 6) is -0.743. The molecule has 1 aliphatic rings. The highest BCUT2D eigenvalue weighted by atomic mass is 79.9. The van der Waals surface area contributed by atoms with Crippen LogP contribution in [0.2, 0.25) is 0 Å². The third-order valence-electron chi connectivity index (χ3n) is 4.58. The van der Waals surface area contributed by atoms with Crippen LogP contribution in [0, 0.1) is 0 Å². The number of halogens is 1. The van der Waals surface area contributed by atoms with Crippen LogP contribution in [0.4, 0.5) is 0 Å². The van der Waals surface area contributed by atoms with Crippen LogP contribution in [0.3, 0.4) is 0 Å². The van der Waals surface area contributed by atoms with Gasteiger partial charge in [0.25, 0.3) is 0 Å². The van der Waals surface area contributed by atoms with E-state index in [0.29, 0.717) is 11.2 Å². The SMILES string of the molecule is CC(Br)CCCC1(C(=O)O)c2ccccc2-c2ccccc21. The summed E-state index contributed by atoms with van der Waals surface area (Å²) in [5.41, 5.74) is 3.09. The molecule has 0 radical (unpaired) electrons. The molecule has 0 aliphatic heterocycles. The van der Waals surface area contributed by atoms with E-state index in [-0.39, 0.29) is 0 Å². The predicted octanol–water partition coefficient (Wildman–Crippen LogP) is 4.99. The average molecular weight is 359 g/mol. The van der Waals surface area contributed by atoms with Crippen molar-refractivity contribution in [2.75, 3.05) is 0 Å². The summed E-state index contributed by atoms with van der Waals surface area (Å²) in [7, 11) is 0. The van der Waals surface area contributed by atoms with Crippen LogP contribution in [-0.2, 0) is 10.2 Å². The number of benzene rings is 2. The van der Waals surface area contributed by atoms with Gasteiger partial charge in [0.1, 0.15) is 5.41 Å². The number of fused-ring (bicyclic) bond motifs is 3. The van der Waals surface area contributed by atoms with Gasteiger partial charge in [0.05, 0.1) is 0 Å². The first kappa shape index (κ1) is 15.3. The number of carboxylic acids is 1. The fourth-order valence-electron chi connectivity index (χ4n) is 3.58. The molecule has 1 unspecified atom stereocenters. The van der Waals surface area contributed by atoms with Gasteiger partial charge in [-0.05, 0) is 35.1 Å². The normalized spacial score (nSPS) is 15.9. The number of rotatable bonds is 5. The van der Waals surface area contributed by atoms with Gasteiger partial charge in [-0.2, -0.15) is 0 Å². The molecular weight excluding hydrogens is 340 g/mol. The van der Waals surface area contributed by atoms with E-state index in [9.17, 15) is 9.90 Å². The van der Waals surface area contributed by atoms with Gasteiger partial charge in [0.15, 0.2) is 0 Å². The number of aliphatic carboxylic acids is 1. The molecule has 0 amide bonds. The van der Waals surface area contributed by atoms with Crippen molar-refractivity contribution in [1.82, 2.24) is 0 Å². The molecule has 0 aromatic heterocycles. The second kappa shape index (κ2) is 5.88. The third-order valence-corrected chi connectivity index (χ3v) is 5.04. The summed E-state index contributed by atoms with van der Waals surface area (Å²) >= 11 is 3.55. The maximum atomic E-state index is 12.3. The van der Waals surface area contributed by atoms with Crippen LogP contribution in [-0.4, -0.2) is 15.9 Å².